The Hall–Kier alpha value is -4.04. The maximum atomic E-state index is 12.8. The summed E-state index contributed by atoms with van der Waals surface area (Å²) in [7, 11) is 0. The van der Waals surface area contributed by atoms with Crippen molar-refractivity contribution in [3.8, 4) is 0 Å². The number of non-ortho nitro benzene ring substituents is 1. The van der Waals surface area contributed by atoms with Crippen LogP contribution in [0.5, 0.6) is 0 Å². The predicted octanol–water partition coefficient (Wildman–Crippen LogP) is 4.41. The number of halogens is 1. The monoisotopic (exact) mass is 436 g/mol. The van der Waals surface area contributed by atoms with Gasteiger partial charge >= 0.3 is 5.97 Å². The minimum Gasteiger partial charge on any atom is -0.457 e. The maximum Gasteiger partial charge on any atom is 0.338 e. The highest BCUT2D eigenvalue weighted by Gasteiger charge is 2.37. The fourth-order valence-electron chi connectivity index (χ4n) is 3.14. The van der Waals surface area contributed by atoms with Crippen molar-refractivity contribution in [2.45, 2.75) is 6.61 Å². The van der Waals surface area contributed by atoms with E-state index in [1.807, 2.05) is 0 Å². The van der Waals surface area contributed by atoms with Gasteiger partial charge in [-0.3, -0.25) is 19.7 Å². The second kappa shape index (κ2) is 8.00. The molecule has 2 amide bonds. The quantitative estimate of drug-likeness (QED) is 0.254. The van der Waals surface area contributed by atoms with Gasteiger partial charge in [-0.15, -0.1) is 0 Å². The zero-order valence-electron chi connectivity index (χ0n) is 15.8. The molecule has 3 aromatic rings. The SMILES string of the molecule is O=C(OCc1ccc(Cl)cc1)c1ccc2c(c1)C(=O)N(c1ccc([N+](=O)[O-])cc1)C2=O. The molecule has 3 aromatic carbocycles. The van der Waals surface area contributed by atoms with E-state index in [-0.39, 0.29) is 34.7 Å². The lowest BCUT2D eigenvalue weighted by atomic mass is 10.1. The third kappa shape index (κ3) is 3.88. The van der Waals surface area contributed by atoms with E-state index in [1.54, 1.807) is 24.3 Å². The van der Waals surface area contributed by atoms with Gasteiger partial charge in [-0.1, -0.05) is 23.7 Å². The normalized spacial score (nSPS) is 12.6. The Balaban J connectivity index is 1.53. The number of nitro benzene ring substituents is 1. The topological polar surface area (TPSA) is 107 Å². The summed E-state index contributed by atoms with van der Waals surface area (Å²) in [5.74, 6) is -1.84. The number of carbonyl (C=O) groups excluding carboxylic acids is 3. The van der Waals surface area contributed by atoms with Crippen LogP contribution in [0.2, 0.25) is 5.02 Å². The van der Waals surface area contributed by atoms with Crippen LogP contribution >= 0.6 is 11.6 Å². The number of benzene rings is 3. The number of hydrogen-bond donors (Lipinski definition) is 0. The number of esters is 1. The number of hydrogen-bond acceptors (Lipinski definition) is 6. The molecule has 0 N–H and O–H groups in total. The van der Waals surface area contributed by atoms with Gasteiger partial charge in [0.15, 0.2) is 0 Å². The zero-order chi connectivity index (χ0) is 22.1. The molecule has 0 atom stereocenters. The average Bonchev–Trinajstić information content (AvgIpc) is 3.02. The smallest absolute Gasteiger partial charge is 0.338 e. The number of nitrogens with zero attached hydrogens (tertiary/aromatic N) is 2. The molecule has 8 nitrogen and oxygen atoms in total. The number of imide groups is 1. The summed E-state index contributed by atoms with van der Waals surface area (Å²) in [6, 6.07) is 16.0. The molecule has 0 aromatic heterocycles. The summed E-state index contributed by atoms with van der Waals surface area (Å²) in [4.78, 5) is 49.1. The van der Waals surface area contributed by atoms with E-state index in [0.717, 1.165) is 10.5 Å². The van der Waals surface area contributed by atoms with Crippen molar-refractivity contribution in [1.29, 1.82) is 0 Å². The number of ether oxygens (including phenoxy) is 1. The van der Waals surface area contributed by atoms with Gasteiger partial charge < -0.3 is 4.74 Å². The van der Waals surface area contributed by atoms with Gasteiger partial charge in [0, 0.05) is 17.2 Å². The van der Waals surface area contributed by atoms with Crippen LogP contribution in [-0.4, -0.2) is 22.7 Å². The lowest BCUT2D eigenvalue weighted by molar-refractivity contribution is -0.384. The summed E-state index contributed by atoms with van der Waals surface area (Å²) in [5, 5.41) is 11.4. The highest BCUT2D eigenvalue weighted by atomic mass is 35.5. The minimum absolute atomic E-state index is 0.0227. The molecule has 31 heavy (non-hydrogen) atoms. The van der Waals surface area contributed by atoms with E-state index < -0.39 is 22.7 Å². The van der Waals surface area contributed by atoms with Gasteiger partial charge in [0.2, 0.25) is 0 Å². The molecule has 0 fully saturated rings. The molecule has 0 saturated carbocycles. The first-order valence-corrected chi connectivity index (χ1v) is 9.42. The summed E-state index contributed by atoms with van der Waals surface area (Å²) in [5.41, 5.74) is 1.10. The van der Waals surface area contributed by atoms with Crippen LogP contribution in [0, 0.1) is 10.1 Å². The van der Waals surface area contributed by atoms with Crippen LogP contribution in [0.4, 0.5) is 11.4 Å². The molecule has 4 rings (SSSR count). The molecule has 0 saturated heterocycles. The van der Waals surface area contributed by atoms with Crippen LogP contribution in [0.15, 0.2) is 66.7 Å². The van der Waals surface area contributed by atoms with Crippen molar-refractivity contribution in [2.24, 2.45) is 0 Å². The third-order valence-electron chi connectivity index (χ3n) is 4.72. The molecule has 9 heteroatoms. The van der Waals surface area contributed by atoms with E-state index in [4.69, 9.17) is 16.3 Å². The van der Waals surface area contributed by atoms with Crippen LogP contribution in [0.1, 0.15) is 36.6 Å². The van der Waals surface area contributed by atoms with E-state index in [9.17, 15) is 24.5 Å². The second-order valence-electron chi connectivity index (χ2n) is 6.68. The minimum atomic E-state index is -0.646. The second-order valence-corrected chi connectivity index (χ2v) is 7.12. The predicted molar refractivity (Wildman–Crippen MR) is 111 cm³/mol. The molecule has 1 aliphatic heterocycles. The van der Waals surface area contributed by atoms with E-state index in [2.05, 4.69) is 0 Å². The zero-order valence-corrected chi connectivity index (χ0v) is 16.5. The molecule has 0 unspecified atom stereocenters. The van der Waals surface area contributed by atoms with E-state index in [0.29, 0.717) is 5.02 Å². The van der Waals surface area contributed by atoms with Crippen LogP contribution in [0.25, 0.3) is 0 Å². The summed E-state index contributed by atoms with van der Waals surface area (Å²) < 4.78 is 5.27. The lowest BCUT2D eigenvalue weighted by Crippen LogP contribution is -2.29. The number of anilines is 1. The Morgan fingerprint density at radius 2 is 1.58 bits per heavy atom. The molecule has 0 aliphatic carbocycles. The number of amides is 2. The lowest BCUT2D eigenvalue weighted by Gasteiger charge is -2.13. The average molecular weight is 437 g/mol. The van der Waals surface area contributed by atoms with E-state index in [1.165, 1.54) is 42.5 Å². The van der Waals surface area contributed by atoms with Gasteiger partial charge in [0.05, 0.1) is 27.3 Å². The Labute approximate surface area is 180 Å². The van der Waals surface area contributed by atoms with Crippen molar-refractivity contribution >= 4 is 40.8 Å². The first-order valence-electron chi connectivity index (χ1n) is 9.04. The van der Waals surface area contributed by atoms with Crippen LogP contribution < -0.4 is 4.90 Å². The van der Waals surface area contributed by atoms with E-state index >= 15 is 0 Å². The number of rotatable bonds is 5. The third-order valence-corrected chi connectivity index (χ3v) is 4.98. The first-order chi connectivity index (χ1) is 14.8. The van der Waals surface area contributed by atoms with Gasteiger partial charge in [-0.2, -0.15) is 0 Å². The fourth-order valence-corrected chi connectivity index (χ4v) is 3.26. The van der Waals surface area contributed by atoms with Crippen LogP contribution in [-0.2, 0) is 11.3 Å². The summed E-state index contributed by atoms with van der Waals surface area (Å²) in [6.45, 7) is 0.0227. The molecule has 0 spiro atoms. The fraction of sp³-hybridized carbons (Fsp3) is 0.0455. The molecular weight excluding hydrogens is 424 g/mol. The van der Waals surface area contributed by atoms with Gasteiger partial charge in [0.25, 0.3) is 17.5 Å². The Kier molecular flexibility index (Phi) is 5.22. The molecule has 154 valence electrons. The Morgan fingerprint density at radius 3 is 2.23 bits per heavy atom. The summed E-state index contributed by atoms with van der Waals surface area (Å²) in [6.07, 6.45) is 0. The first kappa shape index (κ1) is 20.2. The summed E-state index contributed by atoms with van der Waals surface area (Å²) >= 11 is 5.83. The van der Waals surface area contributed by atoms with Crippen molar-refractivity contribution in [3.63, 3.8) is 0 Å². The van der Waals surface area contributed by atoms with Crippen molar-refractivity contribution in [1.82, 2.24) is 0 Å². The van der Waals surface area contributed by atoms with Crippen molar-refractivity contribution in [3.05, 3.63) is 104 Å². The number of fused-ring (bicyclic) bond motifs is 1. The van der Waals surface area contributed by atoms with Gasteiger partial charge in [-0.25, -0.2) is 9.69 Å². The molecule has 0 bridgehead atoms. The van der Waals surface area contributed by atoms with Crippen molar-refractivity contribution < 1.29 is 24.0 Å². The molecule has 1 aliphatic rings. The highest BCUT2D eigenvalue weighted by Crippen LogP contribution is 2.30. The van der Waals surface area contributed by atoms with Crippen molar-refractivity contribution in [2.75, 3.05) is 4.90 Å². The number of carbonyl (C=O) groups is 3. The largest absolute Gasteiger partial charge is 0.457 e. The maximum absolute atomic E-state index is 12.8. The van der Waals surface area contributed by atoms with Gasteiger partial charge in [-0.05, 0) is 48.0 Å². The standard InChI is InChI=1S/C22H13ClN2O6/c23-15-4-1-13(2-5-15)12-31-22(28)14-3-10-18-19(11-14)21(27)24(20(18)26)16-6-8-17(9-7-16)25(29)30/h1-11H,12H2. The molecule has 1 heterocycles. The highest BCUT2D eigenvalue weighted by molar-refractivity contribution is 6.34. The molecular formula is C22H13ClN2O6. The van der Waals surface area contributed by atoms with Crippen LogP contribution in [0.3, 0.4) is 0 Å². The Bertz CT molecular complexity index is 1220. The Morgan fingerprint density at radius 1 is 0.935 bits per heavy atom. The number of nitro groups is 1. The molecule has 0 radical (unpaired) electrons. The van der Waals surface area contributed by atoms with Gasteiger partial charge in [0.1, 0.15) is 6.61 Å².